The third kappa shape index (κ3) is 4.38. The number of piperidine rings is 1. The van der Waals surface area contributed by atoms with E-state index in [1.165, 1.54) is 12.1 Å². The minimum atomic E-state index is -4.46. The van der Waals surface area contributed by atoms with Gasteiger partial charge in [0.25, 0.3) is 5.91 Å². The number of para-hydroxylation sites is 2. The number of rotatable bonds is 5. The summed E-state index contributed by atoms with van der Waals surface area (Å²) in [6, 6.07) is 12.8. The van der Waals surface area contributed by atoms with Crippen molar-refractivity contribution in [3.8, 4) is 0 Å². The molecule has 1 aliphatic rings. The number of nitrogens with zero attached hydrogens (tertiary/aromatic N) is 3. The molecule has 1 fully saturated rings. The van der Waals surface area contributed by atoms with Crippen LogP contribution in [0.25, 0.3) is 11.0 Å². The summed E-state index contributed by atoms with van der Waals surface area (Å²) < 4.78 is 41.2. The lowest BCUT2D eigenvalue weighted by molar-refractivity contribution is -0.137. The molecule has 4 rings (SSSR count). The van der Waals surface area contributed by atoms with Crippen LogP contribution in [0.2, 0.25) is 0 Å². The van der Waals surface area contributed by atoms with Crippen LogP contribution in [-0.2, 0) is 6.18 Å². The molecule has 0 spiro atoms. The van der Waals surface area contributed by atoms with Gasteiger partial charge >= 0.3 is 6.18 Å². The molecule has 164 valence electrons. The quantitative estimate of drug-likeness (QED) is 0.593. The van der Waals surface area contributed by atoms with E-state index in [-0.39, 0.29) is 17.5 Å². The molecule has 1 aliphatic heterocycles. The lowest BCUT2D eigenvalue weighted by Crippen LogP contribution is -2.39. The molecule has 1 saturated heterocycles. The van der Waals surface area contributed by atoms with Crippen LogP contribution >= 0.6 is 0 Å². The van der Waals surface area contributed by atoms with Gasteiger partial charge in [-0.15, -0.1) is 0 Å². The first-order valence-corrected chi connectivity index (χ1v) is 10.6. The number of carbonyl (C=O) groups is 1. The van der Waals surface area contributed by atoms with Gasteiger partial charge in [-0.3, -0.25) is 4.79 Å². The van der Waals surface area contributed by atoms with E-state index in [2.05, 4.69) is 16.8 Å². The van der Waals surface area contributed by atoms with Gasteiger partial charge in [0.2, 0.25) is 5.95 Å². The monoisotopic (exact) mass is 430 g/mol. The maximum Gasteiger partial charge on any atom is 0.416 e. The van der Waals surface area contributed by atoms with Crippen LogP contribution < -0.4 is 5.32 Å². The number of aromatic nitrogens is 2. The van der Waals surface area contributed by atoms with Crippen LogP contribution in [-0.4, -0.2) is 40.0 Å². The highest BCUT2D eigenvalue weighted by molar-refractivity contribution is 5.94. The van der Waals surface area contributed by atoms with Crippen LogP contribution in [0.15, 0.2) is 48.5 Å². The minimum Gasteiger partial charge on any atom is -0.356 e. The second-order valence-electron chi connectivity index (χ2n) is 7.82. The van der Waals surface area contributed by atoms with E-state index in [0.717, 1.165) is 42.1 Å². The summed E-state index contributed by atoms with van der Waals surface area (Å²) in [5.74, 6) is 0.468. The number of nitrogens with one attached hydrogen (secondary N) is 1. The number of imidazole rings is 1. The van der Waals surface area contributed by atoms with Crippen molar-refractivity contribution < 1.29 is 18.0 Å². The summed E-state index contributed by atoms with van der Waals surface area (Å²) >= 11 is 0. The van der Waals surface area contributed by atoms with Crippen molar-refractivity contribution in [2.24, 2.45) is 0 Å². The Hall–Kier alpha value is -3.03. The predicted molar refractivity (Wildman–Crippen MR) is 114 cm³/mol. The second kappa shape index (κ2) is 8.61. The molecule has 0 radical (unpaired) electrons. The molecule has 1 amide bonds. The first-order chi connectivity index (χ1) is 14.9. The molecule has 0 aliphatic carbocycles. The van der Waals surface area contributed by atoms with E-state index in [1.54, 1.807) is 4.90 Å². The van der Waals surface area contributed by atoms with E-state index >= 15 is 0 Å². The molecule has 2 aromatic carbocycles. The summed E-state index contributed by atoms with van der Waals surface area (Å²) in [5, 5.41) is 3.39. The van der Waals surface area contributed by atoms with E-state index in [0.29, 0.717) is 25.9 Å². The molecule has 0 unspecified atom stereocenters. The number of benzene rings is 2. The number of hydrogen-bond acceptors (Lipinski definition) is 3. The van der Waals surface area contributed by atoms with Gasteiger partial charge in [0.15, 0.2) is 0 Å². The lowest BCUT2D eigenvalue weighted by atomic mass is 10.0. The highest BCUT2D eigenvalue weighted by atomic mass is 19.4. The van der Waals surface area contributed by atoms with Crippen LogP contribution in [0.5, 0.6) is 0 Å². The molecule has 5 nitrogen and oxygen atoms in total. The van der Waals surface area contributed by atoms with Crippen molar-refractivity contribution in [3.05, 3.63) is 59.7 Å². The van der Waals surface area contributed by atoms with Gasteiger partial charge < -0.3 is 14.8 Å². The fourth-order valence-corrected chi connectivity index (χ4v) is 4.11. The third-order valence-corrected chi connectivity index (χ3v) is 5.68. The molecule has 0 saturated carbocycles. The Bertz CT molecular complexity index is 1070. The maximum atomic E-state index is 13.0. The summed E-state index contributed by atoms with van der Waals surface area (Å²) in [5.41, 5.74) is 1.24. The Morgan fingerprint density at radius 2 is 1.87 bits per heavy atom. The normalized spacial score (nSPS) is 15.4. The van der Waals surface area contributed by atoms with Crippen LogP contribution in [0.4, 0.5) is 19.1 Å². The van der Waals surface area contributed by atoms with Gasteiger partial charge in [-0.1, -0.05) is 25.1 Å². The number of hydrogen-bond donors (Lipinski definition) is 1. The molecular formula is C23H25F3N4O. The average Bonchev–Trinajstić information content (AvgIpc) is 3.15. The Balaban J connectivity index is 1.51. The summed E-state index contributed by atoms with van der Waals surface area (Å²) in [7, 11) is 0. The van der Waals surface area contributed by atoms with Gasteiger partial charge in [-0.2, -0.15) is 13.2 Å². The number of carbonyl (C=O) groups excluding carboxylic acids is 1. The standard InChI is InChI=1S/C23H25F3N4O/c1-2-12-27-22-28-19-8-3-4-9-20(19)30(22)18-10-13-29(14-11-18)21(31)16-6-5-7-17(15-16)23(24,25)26/h3-9,15,18H,2,10-14H2,1H3,(H,27,28). The highest BCUT2D eigenvalue weighted by Gasteiger charge is 2.32. The van der Waals surface area contributed by atoms with Gasteiger partial charge in [0, 0.05) is 31.2 Å². The van der Waals surface area contributed by atoms with Crippen molar-refractivity contribution in [1.82, 2.24) is 14.5 Å². The Morgan fingerprint density at radius 1 is 1.13 bits per heavy atom. The molecule has 1 N–H and O–H groups in total. The number of anilines is 1. The molecule has 1 aromatic heterocycles. The number of alkyl halides is 3. The summed E-state index contributed by atoms with van der Waals surface area (Å²) in [6.45, 7) is 3.88. The minimum absolute atomic E-state index is 0.0756. The van der Waals surface area contributed by atoms with E-state index in [4.69, 9.17) is 4.98 Å². The molecular weight excluding hydrogens is 405 g/mol. The highest BCUT2D eigenvalue weighted by Crippen LogP contribution is 2.33. The lowest BCUT2D eigenvalue weighted by Gasteiger charge is -2.33. The number of likely N-dealkylation sites (tertiary alicyclic amines) is 1. The third-order valence-electron chi connectivity index (χ3n) is 5.68. The Labute approximate surface area is 178 Å². The van der Waals surface area contributed by atoms with E-state index < -0.39 is 11.7 Å². The number of fused-ring (bicyclic) bond motifs is 1. The van der Waals surface area contributed by atoms with Crippen molar-refractivity contribution in [2.45, 2.75) is 38.4 Å². The number of amides is 1. The van der Waals surface area contributed by atoms with Crippen LogP contribution in [0.3, 0.4) is 0 Å². The van der Waals surface area contributed by atoms with Crippen LogP contribution in [0, 0.1) is 0 Å². The van der Waals surface area contributed by atoms with Gasteiger partial charge in [-0.05, 0) is 49.6 Å². The number of halogens is 3. The first-order valence-electron chi connectivity index (χ1n) is 10.6. The van der Waals surface area contributed by atoms with Crippen molar-refractivity contribution in [3.63, 3.8) is 0 Å². The largest absolute Gasteiger partial charge is 0.416 e. The molecule has 3 aromatic rings. The molecule has 31 heavy (non-hydrogen) atoms. The van der Waals surface area contributed by atoms with Gasteiger partial charge in [0.1, 0.15) is 0 Å². The Kier molecular flexibility index (Phi) is 5.89. The van der Waals surface area contributed by atoms with Crippen molar-refractivity contribution in [1.29, 1.82) is 0 Å². The van der Waals surface area contributed by atoms with Crippen molar-refractivity contribution >= 4 is 22.9 Å². The second-order valence-corrected chi connectivity index (χ2v) is 7.82. The fourth-order valence-electron chi connectivity index (χ4n) is 4.11. The van der Waals surface area contributed by atoms with E-state index in [9.17, 15) is 18.0 Å². The smallest absolute Gasteiger partial charge is 0.356 e. The van der Waals surface area contributed by atoms with E-state index in [1.807, 2.05) is 24.3 Å². The zero-order valence-electron chi connectivity index (χ0n) is 17.3. The molecule has 2 heterocycles. The van der Waals surface area contributed by atoms with Crippen molar-refractivity contribution in [2.75, 3.05) is 25.0 Å². The zero-order chi connectivity index (χ0) is 22.0. The maximum absolute atomic E-state index is 13.0. The van der Waals surface area contributed by atoms with Gasteiger partial charge in [0.05, 0.1) is 16.6 Å². The average molecular weight is 430 g/mol. The molecule has 0 bridgehead atoms. The summed E-state index contributed by atoms with van der Waals surface area (Å²) in [4.78, 5) is 19.2. The Morgan fingerprint density at radius 3 is 2.58 bits per heavy atom. The predicted octanol–water partition coefficient (Wildman–Crippen LogP) is 5.35. The fraction of sp³-hybridized carbons (Fsp3) is 0.391. The summed E-state index contributed by atoms with van der Waals surface area (Å²) in [6.07, 6.45) is -2.06. The molecule has 8 heteroatoms. The SMILES string of the molecule is CCCNc1nc2ccccc2n1C1CCN(C(=O)c2cccc(C(F)(F)F)c2)CC1. The topological polar surface area (TPSA) is 50.2 Å². The van der Waals surface area contributed by atoms with Crippen LogP contribution in [0.1, 0.15) is 48.1 Å². The van der Waals surface area contributed by atoms with Gasteiger partial charge in [-0.25, -0.2) is 4.98 Å². The first kappa shape index (κ1) is 21.2. The molecule has 0 atom stereocenters. The zero-order valence-corrected chi connectivity index (χ0v) is 17.3.